The number of halogens is 3. The number of fused-ring (bicyclic) bond motifs is 1. The third kappa shape index (κ3) is 5.63. The first-order chi connectivity index (χ1) is 15.6. The highest BCUT2D eigenvalue weighted by molar-refractivity contribution is 6.02. The van der Waals surface area contributed by atoms with Crippen molar-refractivity contribution < 1.29 is 36.7 Å². The lowest BCUT2D eigenvalue weighted by Gasteiger charge is -2.21. The summed E-state index contributed by atoms with van der Waals surface area (Å²) in [5.41, 5.74) is 5.50. The quantitative estimate of drug-likeness (QED) is 0.565. The molecule has 2 atom stereocenters. The molecule has 33 heavy (non-hydrogen) atoms. The van der Waals surface area contributed by atoms with Gasteiger partial charge in [-0.1, -0.05) is 0 Å². The third-order valence-electron chi connectivity index (χ3n) is 5.68. The number of aromatic nitrogens is 1. The summed E-state index contributed by atoms with van der Waals surface area (Å²) >= 11 is 0. The minimum absolute atomic E-state index is 0.0693. The first kappa shape index (κ1) is 23.1. The van der Waals surface area contributed by atoms with E-state index in [1.54, 1.807) is 0 Å². The van der Waals surface area contributed by atoms with E-state index in [1.807, 2.05) is 0 Å². The van der Waals surface area contributed by atoms with Crippen LogP contribution in [0.2, 0.25) is 0 Å². The Kier molecular flexibility index (Phi) is 6.30. The zero-order valence-electron chi connectivity index (χ0n) is 17.6. The largest absolute Gasteiger partial charge is 0.573 e. The maximum Gasteiger partial charge on any atom is 0.573 e. The first-order valence-corrected chi connectivity index (χ1v) is 10.4. The number of rotatable bonds is 8. The van der Waals surface area contributed by atoms with Crippen LogP contribution in [0.25, 0.3) is 0 Å². The Balaban J connectivity index is 1.23. The number of amides is 1. The van der Waals surface area contributed by atoms with Crippen molar-refractivity contribution in [3.8, 4) is 11.5 Å². The number of hydrogen-bond acceptors (Lipinski definition) is 8. The maximum atomic E-state index is 12.9. The van der Waals surface area contributed by atoms with E-state index in [0.717, 1.165) is 31.5 Å². The number of carbonyl (C=O) groups is 2. The van der Waals surface area contributed by atoms with Crippen LogP contribution in [-0.2, 0) is 11.3 Å². The van der Waals surface area contributed by atoms with Crippen LogP contribution in [0.15, 0.2) is 34.9 Å². The maximum absolute atomic E-state index is 12.9. The lowest BCUT2D eigenvalue weighted by atomic mass is 9.89. The van der Waals surface area contributed by atoms with Gasteiger partial charge in [0.05, 0.1) is 12.1 Å². The lowest BCUT2D eigenvalue weighted by molar-refractivity contribution is -0.274. The second kappa shape index (κ2) is 9.02. The van der Waals surface area contributed by atoms with Gasteiger partial charge in [-0.25, -0.2) is 4.98 Å². The topological polar surface area (TPSA) is 120 Å². The van der Waals surface area contributed by atoms with Crippen molar-refractivity contribution in [2.24, 2.45) is 5.73 Å². The molecule has 3 N–H and O–H groups in total. The second-order valence-electron chi connectivity index (χ2n) is 8.17. The fraction of sp³-hybridized carbons (Fsp3) is 0.476. The van der Waals surface area contributed by atoms with Gasteiger partial charge in [0, 0.05) is 12.6 Å². The van der Waals surface area contributed by atoms with Gasteiger partial charge in [-0.3, -0.25) is 14.5 Å². The summed E-state index contributed by atoms with van der Waals surface area (Å²) in [4.78, 5) is 31.2. The number of hydrogen-bond donors (Lipinski definition) is 2. The molecule has 0 aliphatic carbocycles. The second-order valence-corrected chi connectivity index (χ2v) is 8.17. The number of Topliss-reactive ketones (excluding diaryl/α,β-unsaturated/α-hetero) is 1. The van der Waals surface area contributed by atoms with E-state index in [2.05, 4.69) is 19.9 Å². The molecule has 0 bridgehead atoms. The number of alkyl halides is 3. The monoisotopic (exact) mass is 468 g/mol. The zero-order chi connectivity index (χ0) is 23.6. The summed E-state index contributed by atoms with van der Waals surface area (Å²) in [5, 5.41) is 2.53. The Morgan fingerprint density at radius 3 is 2.70 bits per heavy atom. The van der Waals surface area contributed by atoms with Gasteiger partial charge >= 0.3 is 6.36 Å². The van der Waals surface area contributed by atoms with Gasteiger partial charge < -0.3 is 24.9 Å². The summed E-state index contributed by atoms with van der Waals surface area (Å²) in [6, 6.07) is 4.97. The fourth-order valence-corrected chi connectivity index (χ4v) is 4.21. The number of nitrogens with two attached hydrogens (primary N) is 1. The summed E-state index contributed by atoms with van der Waals surface area (Å²) in [6.45, 7) is 0.992. The molecule has 2 saturated heterocycles. The highest BCUT2D eigenvalue weighted by Gasteiger charge is 2.48. The molecule has 2 unspecified atom stereocenters. The van der Waals surface area contributed by atoms with Crippen LogP contribution in [0, 0.1) is 0 Å². The molecule has 1 aromatic carbocycles. The van der Waals surface area contributed by atoms with Gasteiger partial charge in [-0.15, -0.1) is 13.2 Å². The molecule has 9 nitrogen and oxygen atoms in total. The molecular weight excluding hydrogens is 445 g/mol. The predicted molar refractivity (Wildman–Crippen MR) is 107 cm³/mol. The molecule has 12 heteroatoms. The molecule has 2 fully saturated rings. The van der Waals surface area contributed by atoms with Gasteiger partial charge in [-0.05, 0) is 50.1 Å². The molecule has 2 aliphatic rings. The van der Waals surface area contributed by atoms with Crippen molar-refractivity contribution >= 4 is 11.7 Å². The zero-order valence-corrected chi connectivity index (χ0v) is 17.6. The fourth-order valence-electron chi connectivity index (χ4n) is 4.21. The summed E-state index contributed by atoms with van der Waals surface area (Å²) < 4.78 is 50.8. The third-order valence-corrected chi connectivity index (χ3v) is 5.68. The number of carbonyl (C=O) groups excluding carboxylic acids is 2. The van der Waals surface area contributed by atoms with Crippen molar-refractivity contribution in [1.82, 2.24) is 15.2 Å². The molecule has 4 rings (SSSR count). The van der Waals surface area contributed by atoms with Crippen LogP contribution in [-0.4, -0.2) is 59.2 Å². The molecule has 2 aromatic rings. The standard InChI is InChI=1S/C21H23F3N4O5/c22-21(23,24)33-15-5-3-14(4-6-15)31-11-17(29)26-9-18-27-16(10-32-18)19(30)20(25)8-13-2-1-7-28(13)12-20/h3-6,10,13H,1-2,7-9,11-12,25H2,(H,26,29). The van der Waals surface area contributed by atoms with Crippen molar-refractivity contribution in [2.75, 3.05) is 19.7 Å². The van der Waals surface area contributed by atoms with Crippen molar-refractivity contribution in [3.63, 3.8) is 0 Å². The van der Waals surface area contributed by atoms with E-state index < -0.39 is 23.6 Å². The normalized spacial score (nSPS) is 22.7. The lowest BCUT2D eigenvalue weighted by Crippen LogP contribution is -2.50. The molecule has 178 valence electrons. The summed E-state index contributed by atoms with van der Waals surface area (Å²) in [6.07, 6.45) is -0.806. The molecule has 0 radical (unpaired) electrons. The van der Waals surface area contributed by atoms with E-state index in [4.69, 9.17) is 14.9 Å². The summed E-state index contributed by atoms with van der Waals surface area (Å²) in [5.74, 6) is -0.856. The number of benzene rings is 1. The molecule has 0 saturated carbocycles. The van der Waals surface area contributed by atoms with E-state index in [0.29, 0.717) is 19.0 Å². The van der Waals surface area contributed by atoms with Crippen LogP contribution >= 0.6 is 0 Å². The molecule has 1 aromatic heterocycles. The smallest absolute Gasteiger partial charge is 0.484 e. The van der Waals surface area contributed by atoms with Crippen molar-refractivity contribution in [1.29, 1.82) is 0 Å². The first-order valence-electron chi connectivity index (χ1n) is 10.4. The van der Waals surface area contributed by atoms with Crippen LogP contribution in [0.4, 0.5) is 13.2 Å². The van der Waals surface area contributed by atoms with Crippen LogP contribution in [0.5, 0.6) is 11.5 Å². The van der Waals surface area contributed by atoms with Gasteiger partial charge in [-0.2, -0.15) is 0 Å². The van der Waals surface area contributed by atoms with Gasteiger partial charge in [0.25, 0.3) is 5.91 Å². The number of ketones is 1. The molecule has 3 heterocycles. The van der Waals surface area contributed by atoms with Gasteiger partial charge in [0.2, 0.25) is 11.7 Å². The van der Waals surface area contributed by atoms with Crippen molar-refractivity contribution in [3.05, 3.63) is 42.1 Å². The molecular formula is C21H23F3N4O5. The van der Waals surface area contributed by atoms with Crippen molar-refractivity contribution in [2.45, 2.75) is 43.8 Å². The van der Waals surface area contributed by atoms with E-state index in [9.17, 15) is 22.8 Å². The number of nitrogens with one attached hydrogen (secondary N) is 1. The van der Waals surface area contributed by atoms with Crippen LogP contribution < -0.4 is 20.5 Å². The highest BCUT2D eigenvalue weighted by Crippen LogP contribution is 2.34. The average molecular weight is 468 g/mol. The Labute approximate surface area is 187 Å². The van der Waals surface area contributed by atoms with Crippen LogP contribution in [0.1, 0.15) is 35.6 Å². The number of ether oxygens (including phenoxy) is 2. The SMILES string of the molecule is NC1(C(=O)c2coc(CNC(=O)COc3ccc(OC(F)(F)F)cc3)n2)CC2CCCN2C1. The van der Waals surface area contributed by atoms with Gasteiger partial charge in [0.15, 0.2) is 6.61 Å². The molecule has 1 amide bonds. The Hall–Kier alpha value is -3.12. The highest BCUT2D eigenvalue weighted by atomic mass is 19.4. The Morgan fingerprint density at radius 1 is 1.27 bits per heavy atom. The number of nitrogens with zero attached hydrogens (tertiary/aromatic N) is 2. The number of oxazole rings is 1. The van der Waals surface area contributed by atoms with Gasteiger partial charge in [0.1, 0.15) is 23.5 Å². The minimum atomic E-state index is -4.79. The average Bonchev–Trinajstić information content (AvgIpc) is 3.46. The minimum Gasteiger partial charge on any atom is -0.484 e. The molecule has 0 spiro atoms. The predicted octanol–water partition coefficient (Wildman–Crippen LogP) is 2.02. The van der Waals surface area contributed by atoms with E-state index in [-0.39, 0.29) is 36.3 Å². The van der Waals surface area contributed by atoms with E-state index in [1.165, 1.54) is 18.4 Å². The summed E-state index contributed by atoms with van der Waals surface area (Å²) in [7, 11) is 0. The van der Waals surface area contributed by atoms with E-state index >= 15 is 0 Å². The Morgan fingerprint density at radius 2 is 2.00 bits per heavy atom. The van der Waals surface area contributed by atoms with Crippen LogP contribution in [0.3, 0.4) is 0 Å². The Bertz CT molecular complexity index is 996. The molecule has 2 aliphatic heterocycles.